The first kappa shape index (κ1) is 11.3. The molecule has 18 heavy (non-hydrogen) atoms. The fourth-order valence-corrected chi connectivity index (χ4v) is 2.94. The Morgan fingerprint density at radius 1 is 0.556 bits per heavy atom. The monoisotopic (exact) mass is 234 g/mol. The zero-order valence-electron chi connectivity index (χ0n) is 11.5. The maximum Gasteiger partial charge on any atom is -0.00706 e. The van der Waals surface area contributed by atoms with Crippen molar-refractivity contribution in [1.29, 1.82) is 0 Å². The van der Waals surface area contributed by atoms with Gasteiger partial charge in [0.15, 0.2) is 0 Å². The van der Waals surface area contributed by atoms with Crippen LogP contribution in [0.5, 0.6) is 0 Å². The first-order chi connectivity index (χ1) is 8.61. The minimum Gasteiger partial charge on any atom is -0.0616 e. The third-order valence-corrected chi connectivity index (χ3v) is 4.40. The largest absolute Gasteiger partial charge is 0.0616 e. The van der Waals surface area contributed by atoms with Crippen LogP contribution in [0.1, 0.15) is 22.3 Å². The van der Waals surface area contributed by atoms with Crippen LogP contribution in [0.3, 0.4) is 0 Å². The lowest BCUT2D eigenvalue weighted by Crippen LogP contribution is -1.94. The summed E-state index contributed by atoms with van der Waals surface area (Å²) in [5.41, 5.74) is 5.69. The number of hydrogen-bond donors (Lipinski definition) is 0. The summed E-state index contributed by atoms with van der Waals surface area (Å²) in [5, 5.41) is 5.53. The normalized spacial score (nSPS) is 11.3. The molecule has 0 N–H and O–H groups in total. The van der Waals surface area contributed by atoms with Gasteiger partial charge in [0.1, 0.15) is 0 Å². The fraction of sp³-hybridized carbons (Fsp3) is 0.222. The average Bonchev–Trinajstić information content (AvgIpc) is 2.41. The molecule has 0 aliphatic carbocycles. The molecule has 0 aromatic heterocycles. The Labute approximate surface area is 108 Å². The summed E-state index contributed by atoms with van der Waals surface area (Å²) in [6, 6.07) is 13.2. The van der Waals surface area contributed by atoms with Gasteiger partial charge in [-0.25, -0.2) is 0 Å². The lowest BCUT2D eigenvalue weighted by atomic mass is 9.89. The summed E-state index contributed by atoms with van der Waals surface area (Å²) < 4.78 is 0. The molecular formula is C18H18. The van der Waals surface area contributed by atoms with Crippen molar-refractivity contribution in [3.8, 4) is 0 Å². The number of hydrogen-bond acceptors (Lipinski definition) is 0. The molecule has 0 heteroatoms. The van der Waals surface area contributed by atoms with Gasteiger partial charge in [0.05, 0.1) is 0 Å². The lowest BCUT2D eigenvalue weighted by molar-refractivity contribution is 1.25. The van der Waals surface area contributed by atoms with Crippen LogP contribution < -0.4 is 0 Å². The summed E-state index contributed by atoms with van der Waals surface area (Å²) in [6.45, 7) is 8.95. The molecular weight excluding hydrogens is 216 g/mol. The SMILES string of the molecule is Cc1c(C)c(C)c2c(ccc3ccccc32)c1C. The van der Waals surface area contributed by atoms with Crippen molar-refractivity contribution in [2.24, 2.45) is 0 Å². The minimum atomic E-state index is 1.33. The van der Waals surface area contributed by atoms with Crippen molar-refractivity contribution >= 4 is 21.5 Å². The summed E-state index contributed by atoms with van der Waals surface area (Å²) in [6.07, 6.45) is 0. The second-order valence-corrected chi connectivity index (χ2v) is 5.21. The van der Waals surface area contributed by atoms with Crippen LogP contribution in [-0.2, 0) is 0 Å². The smallest absolute Gasteiger partial charge is 0.00706 e. The zero-order chi connectivity index (χ0) is 12.9. The molecule has 0 saturated carbocycles. The van der Waals surface area contributed by atoms with Gasteiger partial charge in [0.25, 0.3) is 0 Å². The highest BCUT2D eigenvalue weighted by Crippen LogP contribution is 2.34. The third-order valence-electron chi connectivity index (χ3n) is 4.40. The summed E-state index contributed by atoms with van der Waals surface area (Å²) in [5.74, 6) is 0. The van der Waals surface area contributed by atoms with E-state index in [1.165, 1.54) is 43.8 Å². The molecule has 0 aliphatic heterocycles. The van der Waals surface area contributed by atoms with Gasteiger partial charge in [-0.2, -0.15) is 0 Å². The molecule has 90 valence electrons. The highest BCUT2D eigenvalue weighted by Gasteiger charge is 2.10. The highest BCUT2D eigenvalue weighted by molar-refractivity contribution is 6.10. The first-order valence-electron chi connectivity index (χ1n) is 6.49. The van der Waals surface area contributed by atoms with E-state index in [2.05, 4.69) is 64.1 Å². The van der Waals surface area contributed by atoms with Crippen LogP contribution in [0.15, 0.2) is 36.4 Å². The molecule has 0 heterocycles. The van der Waals surface area contributed by atoms with Crippen molar-refractivity contribution in [2.45, 2.75) is 27.7 Å². The van der Waals surface area contributed by atoms with E-state index in [9.17, 15) is 0 Å². The predicted octanol–water partition coefficient (Wildman–Crippen LogP) is 5.23. The predicted molar refractivity (Wildman–Crippen MR) is 80.4 cm³/mol. The van der Waals surface area contributed by atoms with E-state index >= 15 is 0 Å². The van der Waals surface area contributed by atoms with Gasteiger partial charge in [-0.3, -0.25) is 0 Å². The van der Waals surface area contributed by atoms with Crippen molar-refractivity contribution < 1.29 is 0 Å². The van der Waals surface area contributed by atoms with Crippen LogP contribution in [-0.4, -0.2) is 0 Å². The van der Waals surface area contributed by atoms with Crippen LogP contribution in [0, 0.1) is 27.7 Å². The molecule has 0 spiro atoms. The molecule has 0 bridgehead atoms. The summed E-state index contributed by atoms with van der Waals surface area (Å²) in [7, 11) is 0. The minimum absolute atomic E-state index is 1.33. The number of aryl methyl sites for hydroxylation is 2. The Morgan fingerprint density at radius 3 is 2.00 bits per heavy atom. The molecule has 0 saturated heterocycles. The molecule has 0 fully saturated rings. The molecule has 0 unspecified atom stereocenters. The van der Waals surface area contributed by atoms with Gasteiger partial charge >= 0.3 is 0 Å². The Balaban J connectivity index is 2.66. The Hall–Kier alpha value is -1.82. The first-order valence-corrected chi connectivity index (χ1v) is 6.49. The molecule has 3 aromatic rings. The maximum atomic E-state index is 2.27. The van der Waals surface area contributed by atoms with Crippen LogP contribution >= 0.6 is 0 Å². The van der Waals surface area contributed by atoms with Crippen LogP contribution in [0.4, 0.5) is 0 Å². The van der Waals surface area contributed by atoms with Crippen molar-refractivity contribution in [2.75, 3.05) is 0 Å². The molecule has 0 amide bonds. The van der Waals surface area contributed by atoms with Gasteiger partial charge < -0.3 is 0 Å². The van der Waals surface area contributed by atoms with Crippen molar-refractivity contribution in [3.05, 3.63) is 58.7 Å². The van der Waals surface area contributed by atoms with Crippen LogP contribution in [0.25, 0.3) is 21.5 Å². The van der Waals surface area contributed by atoms with Gasteiger partial charge in [-0.1, -0.05) is 36.4 Å². The Kier molecular flexibility index (Phi) is 2.41. The molecule has 0 aliphatic rings. The third kappa shape index (κ3) is 1.38. The lowest BCUT2D eigenvalue weighted by Gasteiger charge is -2.15. The number of rotatable bonds is 0. The highest BCUT2D eigenvalue weighted by atomic mass is 14.1. The molecule has 0 nitrogen and oxygen atoms in total. The zero-order valence-corrected chi connectivity index (χ0v) is 11.5. The molecule has 0 atom stereocenters. The van der Waals surface area contributed by atoms with E-state index < -0.39 is 0 Å². The Bertz CT molecular complexity index is 764. The summed E-state index contributed by atoms with van der Waals surface area (Å²) in [4.78, 5) is 0. The summed E-state index contributed by atoms with van der Waals surface area (Å²) >= 11 is 0. The van der Waals surface area contributed by atoms with Gasteiger partial charge in [-0.15, -0.1) is 0 Å². The second kappa shape index (κ2) is 3.84. The molecule has 3 rings (SSSR count). The maximum absolute atomic E-state index is 2.27. The van der Waals surface area contributed by atoms with E-state index in [1.807, 2.05) is 0 Å². The van der Waals surface area contributed by atoms with Gasteiger partial charge in [-0.05, 0) is 71.5 Å². The van der Waals surface area contributed by atoms with E-state index in [4.69, 9.17) is 0 Å². The van der Waals surface area contributed by atoms with E-state index in [0.29, 0.717) is 0 Å². The van der Waals surface area contributed by atoms with Gasteiger partial charge in [0.2, 0.25) is 0 Å². The van der Waals surface area contributed by atoms with E-state index in [1.54, 1.807) is 0 Å². The molecule has 3 aromatic carbocycles. The van der Waals surface area contributed by atoms with Crippen molar-refractivity contribution in [1.82, 2.24) is 0 Å². The second-order valence-electron chi connectivity index (χ2n) is 5.21. The van der Waals surface area contributed by atoms with Crippen LogP contribution in [0.2, 0.25) is 0 Å². The Morgan fingerprint density at radius 2 is 1.22 bits per heavy atom. The standard InChI is InChI=1S/C18H18/c1-11-12(2)14(4)18-16(13(11)3)10-9-15-7-5-6-8-17(15)18/h5-10H,1-4H3. The van der Waals surface area contributed by atoms with Crippen molar-refractivity contribution in [3.63, 3.8) is 0 Å². The number of fused-ring (bicyclic) bond motifs is 3. The number of benzene rings is 3. The van der Waals surface area contributed by atoms with E-state index in [-0.39, 0.29) is 0 Å². The topological polar surface area (TPSA) is 0 Å². The quantitative estimate of drug-likeness (QED) is 0.467. The average molecular weight is 234 g/mol. The molecule has 0 radical (unpaired) electrons. The van der Waals surface area contributed by atoms with Gasteiger partial charge in [0, 0.05) is 0 Å². The fourth-order valence-electron chi connectivity index (χ4n) is 2.94. The van der Waals surface area contributed by atoms with E-state index in [0.717, 1.165) is 0 Å².